The number of anilines is 1. The molecule has 0 unspecified atom stereocenters. The van der Waals surface area contributed by atoms with E-state index in [9.17, 15) is 23.1 Å². The van der Waals surface area contributed by atoms with Gasteiger partial charge in [-0.15, -0.1) is 0 Å². The molecule has 0 amide bonds. The van der Waals surface area contributed by atoms with Crippen LogP contribution in [-0.4, -0.2) is 32.9 Å². The number of carbonyl (C=O) groups is 2. The van der Waals surface area contributed by atoms with Crippen molar-refractivity contribution in [2.24, 2.45) is 0 Å². The van der Waals surface area contributed by atoms with Crippen molar-refractivity contribution < 1.29 is 27.9 Å². The number of carbonyl (C=O) groups excluding carboxylic acids is 1. The smallest absolute Gasteiger partial charge is 0.337 e. The van der Waals surface area contributed by atoms with E-state index in [0.29, 0.717) is 17.6 Å². The van der Waals surface area contributed by atoms with Gasteiger partial charge in [-0.2, -0.15) is 11.3 Å². The number of hydrogen-bond donors (Lipinski definition) is 1. The minimum absolute atomic E-state index is 0.0304. The number of benzene rings is 2. The first kappa shape index (κ1) is 20.6. The molecule has 29 heavy (non-hydrogen) atoms. The van der Waals surface area contributed by atoms with Crippen LogP contribution in [0.1, 0.15) is 26.3 Å². The Hall–Kier alpha value is -3.17. The number of hydrogen-bond acceptors (Lipinski definition) is 6. The molecule has 0 aliphatic rings. The van der Waals surface area contributed by atoms with Crippen LogP contribution < -0.4 is 9.04 Å². The topological polar surface area (TPSA) is 101 Å². The van der Waals surface area contributed by atoms with Crippen LogP contribution in [0.2, 0.25) is 0 Å². The zero-order chi connectivity index (χ0) is 21.0. The third-order valence-corrected chi connectivity index (χ3v) is 6.72. The largest absolute Gasteiger partial charge is 0.497 e. The predicted molar refractivity (Wildman–Crippen MR) is 109 cm³/mol. The molecule has 0 fully saturated rings. The fourth-order valence-corrected chi connectivity index (χ4v) is 4.97. The molecule has 0 aliphatic heterocycles. The maximum atomic E-state index is 13.5. The van der Waals surface area contributed by atoms with Crippen molar-refractivity contribution in [3.8, 4) is 5.75 Å². The zero-order valence-corrected chi connectivity index (χ0v) is 16.9. The molecule has 3 rings (SSSR count). The second-order valence-corrected chi connectivity index (χ2v) is 8.63. The van der Waals surface area contributed by atoms with E-state index < -0.39 is 16.0 Å². The Kier molecular flexibility index (Phi) is 6.00. The lowest BCUT2D eigenvalue weighted by Crippen LogP contribution is -2.32. The Balaban J connectivity index is 2.23. The maximum Gasteiger partial charge on any atom is 0.337 e. The van der Waals surface area contributed by atoms with Crippen LogP contribution in [0.3, 0.4) is 0 Å². The highest BCUT2D eigenvalue weighted by Crippen LogP contribution is 2.32. The molecule has 3 aromatic rings. The molecular formula is C20H17NO6S2. The first-order valence-corrected chi connectivity index (χ1v) is 10.8. The Morgan fingerprint density at radius 2 is 1.90 bits per heavy atom. The fraction of sp³-hybridized carbons (Fsp3) is 0.100. The molecule has 2 aromatic carbocycles. The summed E-state index contributed by atoms with van der Waals surface area (Å²) >= 11 is 1.38. The first-order valence-electron chi connectivity index (χ1n) is 8.38. The maximum absolute atomic E-state index is 13.5. The number of carboxylic acid groups (broad SMARTS) is 1. The molecular weight excluding hydrogens is 414 g/mol. The molecule has 0 radical (unpaired) electrons. The van der Waals surface area contributed by atoms with E-state index in [4.69, 9.17) is 4.74 Å². The van der Waals surface area contributed by atoms with Crippen LogP contribution in [-0.2, 0) is 16.6 Å². The normalized spacial score (nSPS) is 11.1. The second kappa shape index (κ2) is 8.46. The van der Waals surface area contributed by atoms with Crippen molar-refractivity contribution in [1.82, 2.24) is 0 Å². The summed E-state index contributed by atoms with van der Waals surface area (Å²) in [4.78, 5) is 23.4. The summed E-state index contributed by atoms with van der Waals surface area (Å²) in [5.41, 5.74) is 0.195. The van der Waals surface area contributed by atoms with Crippen LogP contribution in [0, 0.1) is 0 Å². The van der Waals surface area contributed by atoms with Gasteiger partial charge in [0.25, 0.3) is 10.0 Å². The minimum Gasteiger partial charge on any atom is -0.497 e. The van der Waals surface area contributed by atoms with Gasteiger partial charge in [0, 0.05) is 5.56 Å². The number of ether oxygens (including phenoxy) is 1. The molecule has 9 heteroatoms. The van der Waals surface area contributed by atoms with Crippen molar-refractivity contribution in [3.05, 3.63) is 76.0 Å². The third-order valence-electron chi connectivity index (χ3n) is 4.23. The number of aldehydes is 1. The molecule has 1 aromatic heterocycles. The van der Waals surface area contributed by atoms with Gasteiger partial charge < -0.3 is 9.84 Å². The van der Waals surface area contributed by atoms with Crippen LogP contribution in [0.25, 0.3) is 0 Å². The van der Waals surface area contributed by atoms with Gasteiger partial charge in [0.1, 0.15) is 5.75 Å². The van der Waals surface area contributed by atoms with E-state index in [0.717, 1.165) is 4.31 Å². The Morgan fingerprint density at radius 3 is 2.45 bits per heavy atom. The number of aromatic carboxylic acids is 1. The predicted octanol–water partition coefficient (Wildman–Crippen LogP) is 3.66. The second-order valence-electron chi connectivity index (χ2n) is 5.99. The van der Waals surface area contributed by atoms with Crippen LogP contribution >= 0.6 is 11.3 Å². The van der Waals surface area contributed by atoms with E-state index in [-0.39, 0.29) is 28.3 Å². The highest BCUT2D eigenvalue weighted by Gasteiger charge is 2.31. The molecule has 1 N–H and O–H groups in total. The molecule has 0 spiro atoms. The van der Waals surface area contributed by atoms with Gasteiger partial charge in [-0.05, 0) is 58.8 Å². The number of carboxylic acids is 1. The van der Waals surface area contributed by atoms with E-state index in [1.807, 2.05) is 0 Å². The summed E-state index contributed by atoms with van der Waals surface area (Å²) in [5, 5.41) is 13.2. The number of methoxy groups -OCH3 is 1. The van der Waals surface area contributed by atoms with E-state index in [2.05, 4.69) is 0 Å². The number of thiophene rings is 1. The van der Waals surface area contributed by atoms with Gasteiger partial charge in [0.05, 0.1) is 29.8 Å². The number of sulfonamides is 1. The lowest BCUT2D eigenvalue weighted by atomic mass is 10.1. The van der Waals surface area contributed by atoms with E-state index in [1.165, 1.54) is 60.9 Å². The molecule has 7 nitrogen and oxygen atoms in total. The summed E-state index contributed by atoms with van der Waals surface area (Å²) in [6.45, 7) is -0.122. The van der Waals surface area contributed by atoms with Crippen LogP contribution in [0.15, 0.2) is 64.2 Å². The first-order chi connectivity index (χ1) is 13.9. The number of rotatable bonds is 8. The van der Waals surface area contributed by atoms with Crippen LogP contribution in [0.5, 0.6) is 5.75 Å². The van der Waals surface area contributed by atoms with Gasteiger partial charge in [0.2, 0.25) is 0 Å². The molecule has 1 heterocycles. The van der Waals surface area contributed by atoms with Crippen molar-refractivity contribution in [2.75, 3.05) is 11.4 Å². The molecule has 0 aliphatic carbocycles. The van der Waals surface area contributed by atoms with Crippen LogP contribution in [0.4, 0.5) is 5.69 Å². The van der Waals surface area contributed by atoms with Gasteiger partial charge in [-0.1, -0.05) is 6.07 Å². The average molecular weight is 431 g/mol. The highest BCUT2D eigenvalue weighted by molar-refractivity contribution is 7.92. The fourth-order valence-electron chi connectivity index (χ4n) is 2.81. The SMILES string of the molecule is COc1ccc(S(=O)(=O)N(Cc2ccsc2)c2c(C=O)cccc2C(=O)O)cc1. The molecule has 0 saturated heterocycles. The Bertz CT molecular complexity index is 1120. The quantitative estimate of drug-likeness (QED) is 0.546. The van der Waals surface area contributed by atoms with Crippen molar-refractivity contribution >= 4 is 39.3 Å². The lowest BCUT2D eigenvalue weighted by Gasteiger charge is -2.27. The molecule has 0 bridgehead atoms. The summed E-state index contributed by atoms with van der Waals surface area (Å²) in [6.07, 6.45) is 0.450. The van der Waals surface area contributed by atoms with E-state index >= 15 is 0 Å². The zero-order valence-electron chi connectivity index (χ0n) is 15.3. The third kappa shape index (κ3) is 4.15. The van der Waals surface area contributed by atoms with Gasteiger partial charge >= 0.3 is 5.97 Å². The summed E-state index contributed by atoms with van der Waals surface area (Å²) in [6, 6.07) is 11.6. The molecule has 0 saturated carbocycles. The Morgan fingerprint density at radius 1 is 1.17 bits per heavy atom. The average Bonchev–Trinajstić information content (AvgIpc) is 3.24. The standard InChI is InChI=1S/C20H17NO6S2/c1-27-16-5-7-17(8-6-16)29(25,26)21(11-14-9-10-28-13-14)19-15(12-22)3-2-4-18(19)20(23)24/h2-10,12-13H,11H2,1H3,(H,23,24). The van der Waals surface area contributed by atoms with Gasteiger partial charge in [-0.3, -0.25) is 9.10 Å². The highest BCUT2D eigenvalue weighted by atomic mass is 32.2. The lowest BCUT2D eigenvalue weighted by molar-refractivity contribution is 0.0697. The monoisotopic (exact) mass is 431 g/mol. The van der Waals surface area contributed by atoms with Crippen molar-refractivity contribution in [1.29, 1.82) is 0 Å². The van der Waals surface area contributed by atoms with Crippen molar-refractivity contribution in [2.45, 2.75) is 11.4 Å². The minimum atomic E-state index is -4.18. The summed E-state index contributed by atoms with van der Waals surface area (Å²) in [5.74, 6) is -0.850. The van der Waals surface area contributed by atoms with Gasteiger partial charge in [0.15, 0.2) is 6.29 Å². The Labute approximate surface area is 171 Å². The summed E-state index contributed by atoms with van der Waals surface area (Å²) in [7, 11) is -2.72. The summed E-state index contributed by atoms with van der Waals surface area (Å²) < 4.78 is 33.0. The molecule has 150 valence electrons. The number of para-hydroxylation sites is 1. The van der Waals surface area contributed by atoms with Gasteiger partial charge in [-0.25, -0.2) is 13.2 Å². The molecule has 0 atom stereocenters. The number of nitrogens with zero attached hydrogens (tertiary/aromatic N) is 1. The van der Waals surface area contributed by atoms with Crippen molar-refractivity contribution in [3.63, 3.8) is 0 Å². The van der Waals surface area contributed by atoms with E-state index in [1.54, 1.807) is 16.8 Å².